The molecular formula is C18H13Cl2N5. The van der Waals surface area contributed by atoms with Gasteiger partial charge in [0.2, 0.25) is 5.84 Å². The first kappa shape index (κ1) is 17.1. The first-order chi connectivity index (χ1) is 12.2. The molecule has 0 aliphatic rings. The van der Waals surface area contributed by atoms with Crippen LogP contribution in [0.15, 0.2) is 88.3 Å². The van der Waals surface area contributed by atoms with Crippen molar-refractivity contribution in [1.29, 1.82) is 0 Å². The van der Waals surface area contributed by atoms with Crippen molar-refractivity contribution in [3.63, 3.8) is 0 Å². The van der Waals surface area contributed by atoms with Gasteiger partial charge in [0, 0.05) is 21.8 Å². The number of amidine groups is 1. The largest absolute Gasteiger partial charge is 0.276 e. The highest BCUT2D eigenvalue weighted by atomic mass is 35.5. The van der Waals surface area contributed by atoms with Crippen LogP contribution in [0.3, 0.4) is 0 Å². The molecule has 0 bridgehead atoms. The molecule has 0 amide bonds. The van der Waals surface area contributed by atoms with E-state index in [0.717, 1.165) is 11.3 Å². The Morgan fingerprint density at radius 1 is 0.840 bits per heavy atom. The minimum Gasteiger partial charge on any atom is -0.276 e. The smallest absolute Gasteiger partial charge is 0.201 e. The van der Waals surface area contributed by atoms with Gasteiger partial charge in [-0.05, 0) is 60.7 Å². The third-order valence-electron chi connectivity index (χ3n) is 3.13. The van der Waals surface area contributed by atoms with Crippen LogP contribution in [0, 0.1) is 0 Å². The van der Waals surface area contributed by atoms with Crippen molar-refractivity contribution in [1.82, 2.24) is 4.98 Å². The lowest BCUT2D eigenvalue weighted by Crippen LogP contribution is -2.01. The molecule has 1 N–H and O–H groups in total. The lowest BCUT2D eigenvalue weighted by atomic mass is 10.2. The number of benzene rings is 2. The topological polar surface area (TPSA) is 62.0 Å². The Morgan fingerprint density at radius 3 is 2.16 bits per heavy atom. The SMILES string of the molecule is Clc1ccc(N/N=C(\N=Nc2ccccn2)c2ccc(Cl)cc2)cc1. The monoisotopic (exact) mass is 369 g/mol. The first-order valence-electron chi connectivity index (χ1n) is 7.39. The number of rotatable bonds is 4. The fraction of sp³-hybridized carbons (Fsp3) is 0. The molecule has 25 heavy (non-hydrogen) atoms. The van der Waals surface area contributed by atoms with Crippen LogP contribution < -0.4 is 5.43 Å². The molecule has 3 rings (SSSR count). The Hall–Kier alpha value is -2.76. The van der Waals surface area contributed by atoms with Crippen molar-refractivity contribution in [2.24, 2.45) is 15.3 Å². The average molecular weight is 370 g/mol. The minimum absolute atomic E-state index is 0.400. The van der Waals surface area contributed by atoms with Crippen LogP contribution in [0.2, 0.25) is 10.0 Å². The van der Waals surface area contributed by atoms with Gasteiger partial charge in [0.15, 0.2) is 5.82 Å². The van der Waals surface area contributed by atoms with E-state index in [2.05, 4.69) is 25.7 Å². The van der Waals surface area contributed by atoms with Gasteiger partial charge in [-0.3, -0.25) is 5.43 Å². The van der Waals surface area contributed by atoms with Crippen molar-refractivity contribution in [2.45, 2.75) is 0 Å². The van der Waals surface area contributed by atoms with Gasteiger partial charge in [0.25, 0.3) is 0 Å². The Morgan fingerprint density at radius 2 is 1.52 bits per heavy atom. The van der Waals surface area contributed by atoms with Gasteiger partial charge >= 0.3 is 0 Å². The highest BCUT2D eigenvalue weighted by Crippen LogP contribution is 2.16. The number of hydrogen-bond acceptors (Lipinski definition) is 4. The second kappa shape index (κ2) is 8.37. The Balaban J connectivity index is 1.87. The number of azo groups is 1. The highest BCUT2D eigenvalue weighted by Gasteiger charge is 2.04. The number of hydrazone groups is 1. The third-order valence-corrected chi connectivity index (χ3v) is 3.64. The van der Waals surface area contributed by atoms with Crippen LogP contribution in [0.25, 0.3) is 0 Å². The van der Waals surface area contributed by atoms with E-state index in [0.29, 0.717) is 21.7 Å². The molecule has 2 aromatic carbocycles. The maximum Gasteiger partial charge on any atom is 0.201 e. The molecule has 0 aliphatic heterocycles. The Bertz CT molecular complexity index is 876. The number of nitrogens with zero attached hydrogens (tertiary/aromatic N) is 4. The zero-order chi connectivity index (χ0) is 17.5. The minimum atomic E-state index is 0.400. The molecule has 0 unspecified atom stereocenters. The summed E-state index contributed by atoms with van der Waals surface area (Å²) in [7, 11) is 0. The standard InChI is InChI=1S/C18H13Cl2N5/c19-14-6-4-13(5-7-14)18(25-23-17-3-1-2-12-21-17)24-22-16-10-8-15(20)9-11-16/h1-12,22H/b24-18-,25-23?. The summed E-state index contributed by atoms with van der Waals surface area (Å²) in [4.78, 5) is 4.11. The van der Waals surface area contributed by atoms with Crippen LogP contribution in [-0.4, -0.2) is 10.8 Å². The summed E-state index contributed by atoms with van der Waals surface area (Å²) < 4.78 is 0. The highest BCUT2D eigenvalue weighted by molar-refractivity contribution is 6.31. The zero-order valence-corrected chi connectivity index (χ0v) is 14.5. The molecule has 0 aliphatic carbocycles. The molecule has 5 nitrogen and oxygen atoms in total. The number of aromatic nitrogens is 1. The molecule has 1 heterocycles. The van der Waals surface area contributed by atoms with E-state index in [1.807, 2.05) is 36.4 Å². The van der Waals surface area contributed by atoms with Crippen LogP contribution in [0.4, 0.5) is 11.5 Å². The summed E-state index contributed by atoms with van der Waals surface area (Å²) in [6.07, 6.45) is 1.65. The molecule has 0 saturated carbocycles. The Labute approximate surface area is 155 Å². The van der Waals surface area contributed by atoms with Gasteiger partial charge in [-0.1, -0.05) is 29.3 Å². The lowest BCUT2D eigenvalue weighted by molar-refractivity contribution is 1.16. The summed E-state index contributed by atoms with van der Waals surface area (Å²) >= 11 is 11.8. The fourth-order valence-corrected chi connectivity index (χ4v) is 2.15. The third kappa shape index (κ3) is 5.11. The molecule has 1 aromatic heterocycles. The van der Waals surface area contributed by atoms with E-state index in [1.54, 1.807) is 36.5 Å². The number of pyridine rings is 1. The quantitative estimate of drug-likeness (QED) is 0.267. The van der Waals surface area contributed by atoms with Crippen LogP contribution >= 0.6 is 23.2 Å². The van der Waals surface area contributed by atoms with Crippen molar-refractivity contribution in [2.75, 3.05) is 5.43 Å². The van der Waals surface area contributed by atoms with E-state index in [-0.39, 0.29) is 0 Å². The molecule has 0 spiro atoms. The van der Waals surface area contributed by atoms with Crippen molar-refractivity contribution in [3.05, 3.63) is 88.5 Å². The maximum atomic E-state index is 5.95. The second-order valence-corrected chi connectivity index (χ2v) is 5.82. The normalized spacial score (nSPS) is 11.7. The van der Waals surface area contributed by atoms with Gasteiger partial charge < -0.3 is 0 Å². The van der Waals surface area contributed by atoms with E-state index >= 15 is 0 Å². The number of nitrogens with one attached hydrogen (secondary N) is 1. The summed E-state index contributed by atoms with van der Waals surface area (Å²) in [5.74, 6) is 0.896. The summed E-state index contributed by atoms with van der Waals surface area (Å²) in [5, 5.41) is 13.9. The van der Waals surface area contributed by atoms with Crippen molar-refractivity contribution >= 4 is 40.5 Å². The van der Waals surface area contributed by atoms with Gasteiger partial charge in [-0.2, -0.15) is 5.10 Å². The summed E-state index contributed by atoms with van der Waals surface area (Å²) in [5.41, 5.74) is 4.49. The molecule has 0 radical (unpaired) electrons. The van der Waals surface area contributed by atoms with Crippen LogP contribution in [0.1, 0.15) is 5.56 Å². The molecule has 124 valence electrons. The van der Waals surface area contributed by atoms with Gasteiger partial charge in [0.1, 0.15) is 0 Å². The predicted molar refractivity (Wildman–Crippen MR) is 102 cm³/mol. The molecule has 0 atom stereocenters. The van der Waals surface area contributed by atoms with Crippen LogP contribution in [-0.2, 0) is 0 Å². The fourth-order valence-electron chi connectivity index (χ4n) is 1.90. The lowest BCUT2D eigenvalue weighted by Gasteiger charge is -2.04. The molecular weight excluding hydrogens is 357 g/mol. The van der Waals surface area contributed by atoms with Crippen LogP contribution in [0.5, 0.6) is 0 Å². The van der Waals surface area contributed by atoms with Crippen molar-refractivity contribution < 1.29 is 0 Å². The van der Waals surface area contributed by atoms with E-state index in [4.69, 9.17) is 23.2 Å². The predicted octanol–water partition coefficient (Wildman–Crippen LogP) is 5.95. The number of hydrogen-bond donors (Lipinski definition) is 1. The van der Waals surface area contributed by atoms with E-state index < -0.39 is 0 Å². The van der Waals surface area contributed by atoms with E-state index in [1.165, 1.54) is 0 Å². The zero-order valence-electron chi connectivity index (χ0n) is 13.0. The Kier molecular flexibility index (Phi) is 5.72. The van der Waals surface area contributed by atoms with Gasteiger partial charge in [-0.25, -0.2) is 4.98 Å². The number of anilines is 1. The molecule has 7 heteroatoms. The average Bonchev–Trinajstić information content (AvgIpc) is 2.65. The van der Waals surface area contributed by atoms with Gasteiger partial charge in [-0.15, -0.1) is 10.2 Å². The molecule has 3 aromatic rings. The molecule has 0 saturated heterocycles. The van der Waals surface area contributed by atoms with Gasteiger partial charge in [0.05, 0.1) is 5.69 Å². The second-order valence-electron chi connectivity index (χ2n) is 4.95. The molecule has 0 fully saturated rings. The summed E-state index contributed by atoms with van der Waals surface area (Å²) in [6, 6.07) is 19.8. The van der Waals surface area contributed by atoms with Crippen molar-refractivity contribution in [3.8, 4) is 0 Å². The first-order valence-corrected chi connectivity index (χ1v) is 8.14. The number of halogens is 2. The van der Waals surface area contributed by atoms with E-state index in [9.17, 15) is 0 Å². The summed E-state index contributed by atoms with van der Waals surface area (Å²) in [6.45, 7) is 0. The maximum absolute atomic E-state index is 5.95.